The second-order valence-electron chi connectivity index (χ2n) is 5.32. The Morgan fingerprint density at radius 1 is 1.20 bits per heavy atom. The molecule has 0 aliphatic carbocycles. The Bertz CT molecular complexity index is 458. The maximum Gasteiger partial charge on any atom is 0.323 e. The van der Waals surface area contributed by atoms with E-state index in [4.69, 9.17) is 5.41 Å². The van der Waals surface area contributed by atoms with Gasteiger partial charge in [-0.25, -0.2) is 4.79 Å². The molecule has 4 heteroatoms. The predicted molar refractivity (Wildman–Crippen MR) is 80.8 cm³/mol. The molecule has 1 aliphatic rings. The molecule has 2 amide bonds. The summed E-state index contributed by atoms with van der Waals surface area (Å²) in [5, 5.41) is 10.6. The number of nitrogens with one attached hydrogen (secondary N) is 2. The lowest BCUT2D eigenvalue weighted by molar-refractivity contribution is 0.200. The van der Waals surface area contributed by atoms with Gasteiger partial charge in [0.05, 0.1) is 6.04 Å². The van der Waals surface area contributed by atoms with Crippen molar-refractivity contribution in [2.75, 3.05) is 0 Å². The highest BCUT2D eigenvalue weighted by Crippen LogP contribution is 2.19. The van der Waals surface area contributed by atoms with E-state index in [9.17, 15) is 4.79 Å². The SMILES string of the molecule is CCCCCCC1C(=N)NC(=O)N1Cc1ccccc1. The monoisotopic (exact) mass is 273 g/mol. The van der Waals surface area contributed by atoms with Crippen LogP contribution < -0.4 is 5.32 Å². The first-order valence-electron chi connectivity index (χ1n) is 7.42. The standard InChI is InChI=1S/C16H23N3O/c1-2-3-4-8-11-14-15(17)18-16(20)19(14)12-13-9-6-5-7-10-13/h5-7,9-10,14H,2-4,8,11-12H2,1H3,(H2,17,18,20). The number of carbonyl (C=O) groups excluding carboxylic acids is 1. The lowest BCUT2D eigenvalue weighted by Gasteiger charge is -2.22. The number of hydrogen-bond donors (Lipinski definition) is 2. The Morgan fingerprint density at radius 2 is 1.95 bits per heavy atom. The van der Waals surface area contributed by atoms with E-state index in [1.807, 2.05) is 30.3 Å². The Morgan fingerprint density at radius 3 is 2.65 bits per heavy atom. The van der Waals surface area contributed by atoms with Gasteiger partial charge in [0.15, 0.2) is 0 Å². The molecule has 1 saturated heterocycles. The first-order valence-corrected chi connectivity index (χ1v) is 7.42. The second kappa shape index (κ2) is 7.08. The predicted octanol–water partition coefficient (Wildman–Crippen LogP) is 3.53. The Labute approximate surface area is 120 Å². The van der Waals surface area contributed by atoms with Gasteiger partial charge in [0.25, 0.3) is 0 Å². The van der Waals surface area contributed by atoms with Crippen LogP contribution in [0.2, 0.25) is 0 Å². The fourth-order valence-corrected chi connectivity index (χ4v) is 2.59. The fraction of sp³-hybridized carbons (Fsp3) is 0.500. The van der Waals surface area contributed by atoms with E-state index in [2.05, 4.69) is 12.2 Å². The van der Waals surface area contributed by atoms with Crippen molar-refractivity contribution in [1.82, 2.24) is 10.2 Å². The van der Waals surface area contributed by atoms with Crippen molar-refractivity contribution in [3.05, 3.63) is 35.9 Å². The maximum absolute atomic E-state index is 12.0. The van der Waals surface area contributed by atoms with E-state index < -0.39 is 0 Å². The summed E-state index contributed by atoms with van der Waals surface area (Å²) >= 11 is 0. The molecule has 1 heterocycles. The van der Waals surface area contributed by atoms with Crippen molar-refractivity contribution in [3.63, 3.8) is 0 Å². The number of carbonyl (C=O) groups is 1. The first kappa shape index (κ1) is 14.6. The third-order valence-electron chi connectivity index (χ3n) is 3.74. The van der Waals surface area contributed by atoms with Crippen molar-refractivity contribution < 1.29 is 4.79 Å². The van der Waals surface area contributed by atoms with Crippen molar-refractivity contribution in [1.29, 1.82) is 5.41 Å². The van der Waals surface area contributed by atoms with Crippen LogP contribution in [0, 0.1) is 5.41 Å². The van der Waals surface area contributed by atoms with Gasteiger partial charge >= 0.3 is 6.03 Å². The van der Waals surface area contributed by atoms with Crippen LogP contribution in [0.1, 0.15) is 44.6 Å². The summed E-state index contributed by atoms with van der Waals surface area (Å²) in [5.74, 6) is 0.349. The molecule has 1 unspecified atom stereocenters. The highest BCUT2D eigenvalue weighted by atomic mass is 16.2. The Hall–Kier alpha value is -1.84. The number of benzene rings is 1. The number of amides is 2. The molecular formula is C16H23N3O. The van der Waals surface area contributed by atoms with E-state index in [1.54, 1.807) is 4.90 Å². The molecule has 2 N–H and O–H groups in total. The molecule has 1 aromatic rings. The summed E-state index contributed by atoms with van der Waals surface area (Å²) in [6.45, 7) is 2.76. The van der Waals surface area contributed by atoms with Gasteiger partial charge in [-0.05, 0) is 12.0 Å². The molecule has 0 bridgehead atoms. The minimum absolute atomic E-state index is 0.0837. The number of urea groups is 1. The van der Waals surface area contributed by atoms with Gasteiger partial charge in [-0.15, -0.1) is 0 Å². The van der Waals surface area contributed by atoms with E-state index in [0.717, 1.165) is 18.4 Å². The van der Waals surface area contributed by atoms with Gasteiger partial charge in [0, 0.05) is 6.54 Å². The molecule has 1 fully saturated rings. The highest BCUT2D eigenvalue weighted by Gasteiger charge is 2.34. The zero-order valence-corrected chi connectivity index (χ0v) is 12.1. The lowest BCUT2D eigenvalue weighted by Crippen LogP contribution is -2.34. The average Bonchev–Trinajstić information content (AvgIpc) is 2.71. The van der Waals surface area contributed by atoms with E-state index in [1.165, 1.54) is 19.3 Å². The van der Waals surface area contributed by atoms with Gasteiger partial charge in [-0.1, -0.05) is 62.9 Å². The summed E-state index contributed by atoms with van der Waals surface area (Å²) in [5.41, 5.74) is 1.11. The van der Waals surface area contributed by atoms with Crippen molar-refractivity contribution in [3.8, 4) is 0 Å². The molecule has 108 valence electrons. The molecule has 2 rings (SSSR count). The van der Waals surface area contributed by atoms with Crippen molar-refractivity contribution >= 4 is 11.9 Å². The zero-order chi connectivity index (χ0) is 14.4. The minimum atomic E-state index is -0.139. The molecule has 0 radical (unpaired) electrons. The van der Waals surface area contributed by atoms with Gasteiger partial charge in [0.2, 0.25) is 0 Å². The Balaban J connectivity index is 1.96. The van der Waals surface area contributed by atoms with Crippen molar-refractivity contribution in [2.45, 2.75) is 51.6 Å². The van der Waals surface area contributed by atoms with Gasteiger partial charge in [-0.3, -0.25) is 10.7 Å². The number of amidine groups is 1. The summed E-state index contributed by atoms with van der Waals surface area (Å²) in [6.07, 6.45) is 5.55. The molecule has 0 aromatic heterocycles. The molecule has 20 heavy (non-hydrogen) atoms. The maximum atomic E-state index is 12.0. The van der Waals surface area contributed by atoms with Crippen LogP contribution >= 0.6 is 0 Å². The van der Waals surface area contributed by atoms with Crippen LogP contribution in [0.3, 0.4) is 0 Å². The summed E-state index contributed by atoms with van der Waals surface area (Å²) in [7, 11) is 0. The summed E-state index contributed by atoms with van der Waals surface area (Å²) in [4.78, 5) is 13.7. The molecule has 1 aliphatic heterocycles. The molecule has 0 saturated carbocycles. The minimum Gasteiger partial charge on any atom is -0.310 e. The number of rotatable bonds is 7. The van der Waals surface area contributed by atoms with Gasteiger partial charge in [0.1, 0.15) is 5.84 Å². The van der Waals surface area contributed by atoms with Crippen molar-refractivity contribution in [2.24, 2.45) is 0 Å². The topological polar surface area (TPSA) is 56.2 Å². The molecule has 1 atom stereocenters. The molecule has 4 nitrogen and oxygen atoms in total. The summed E-state index contributed by atoms with van der Waals surface area (Å²) < 4.78 is 0. The second-order valence-corrected chi connectivity index (χ2v) is 5.32. The van der Waals surface area contributed by atoms with Crippen LogP contribution in [-0.2, 0) is 6.54 Å². The van der Waals surface area contributed by atoms with E-state index in [0.29, 0.717) is 12.4 Å². The van der Waals surface area contributed by atoms with E-state index in [-0.39, 0.29) is 12.1 Å². The molecule has 0 spiro atoms. The van der Waals surface area contributed by atoms with Crippen LogP contribution in [-0.4, -0.2) is 22.8 Å². The van der Waals surface area contributed by atoms with Crippen LogP contribution in [0.25, 0.3) is 0 Å². The third kappa shape index (κ3) is 3.59. The third-order valence-corrected chi connectivity index (χ3v) is 3.74. The number of hydrogen-bond acceptors (Lipinski definition) is 2. The molecule has 1 aromatic carbocycles. The Kier molecular flexibility index (Phi) is 5.16. The number of nitrogens with zero attached hydrogens (tertiary/aromatic N) is 1. The largest absolute Gasteiger partial charge is 0.323 e. The quantitative estimate of drug-likeness (QED) is 0.734. The number of unbranched alkanes of at least 4 members (excludes halogenated alkanes) is 3. The summed E-state index contributed by atoms with van der Waals surface area (Å²) in [6, 6.07) is 9.74. The average molecular weight is 273 g/mol. The smallest absolute Gasteiger partial charge is 0.310 e. The molecular weight excluding hydrogens is 250 g/mol. The normalized spacial score (nSPS) is 18.4. The van der Waals surface area contributed by atoms with Gasteiger partial charge in [-0.2, -0.15) is 0 Å². The fourth-order valence-electron chi connectivity index (χ4n) is 2.59. The van der Waals surface area contributed by atoms with E-state index >= 15 is 0 Å². The highest BCUT2D eigenvalue weighted by molar-refractivity contribution is 6.05. The first-order chi connectivity index (χ1) is 9.72. The van der Waals surface area contributed by atoms with Crippen LogP contribution in [0.4, 0.5) is 4.79 Å². The van der Waals surface area contributed by atoms with Crippen LogP contribution in [0.5, 0.6) is 0 Å². The lowest BCUT2D eigenvalue weighted by atomic mass is 10.1. The van der Waals surface area contributed by atoms with Crippen LogP contribution in [0.15, 0.2) is 30.3 Å². The van der Waals surface area contributed by atoms with Gasteiger partial charge < -0.3 is 4.90 Å². The zero-order valence-electron chi connectivity index (χ0n) is 12.1.